The second-order valence-electron chi connectivity index (χ2n) is 3.33. The van der Waals surface area contributed by atoms with Crippen LogP contribution in [0.25, 0.3) is 5.57 Å². The number of allylic oxidation sites excluding steroid dienone is 1. The Bertz CT molecular complexity index is 638. The van der Waals surface area contributed by atoms with Crippen molar-refractivity contribution in [3.8, 4) is 11.8 Å². The van der Waals surface area contributed by atoms with Gasteiger partial charge in [-0.05, 0) is 5.21 Å². The van der Waals surface area contributed by atoms with E-state index in [0.717, 1.165) is 18.3 Å². The number of anilines is 1. The smallest absolute Gasteiger partial charge is 0.216 e. The highest BCUT2D eigenvalue weighted by Crippen LogP contribution is 2.24. The number of H-pyrrole nitrogens is 1. The van der Waals surface area contributed by atoms with Gasteiger partial charge in [0.05, 0.1) is 0 Å². The highest BCUT2D eigenvalue weighted by molar-refractivity contribution is 5.74. The van der Waals surface area contributed by atoms with Gasteiger partial charge in [0.2, 0.25) is 5.82 Å². The van der Waals surface area contributed by atoms with Crippen LogP contribution in [0.4, 0.5) is 14.5 Å². The van der Waals surface area contributed by atoms with Gasteiger partial charge in [-0.15, -0.1) is 10.2 Å². The van der Waals surface area contributed by atoms with E-state index in [1.54, 1.807) is 6.07 Å². The molecule has 7 nitrogen and oxygen atoms in total. The van der Waals surface area contributed by atoms with Crippen LogP contribution in [-0.4, -0.2) is 25.7 Å². The molecule has 0 amide bonds. The van der Waals surface area contributed by atoms with Crippen LogP contribution < -0.4 is 5.32 Å². The molecule has 0 aliphatic heterocycles. The number of aromatic hydroxyl groups is 1. The summed E-state index contributed by atoms with van der Waals surface area (Å²) in [6, 6.07) is 3.22. The van der Waals surface area contributed by atoms with Crippen LogP contribution in [0.1, 0.15) is 5.82 Å². The van der Waals surface area contributed by atoms with Crippen molar-refractivity contribution in [1.29, 1.82) is 5.26 Å². The molecule has 0 bridgehead atoms. The third-order valence-electron chi connectivity index (χ3n) is 2.09. The average molecular weight is 264 g/mol. The van der Waals surface area contributed by atoms with Gasteiger partial charge in [-0.25, -0.2) is 8.78 Å². The first-order chi connectivity index (χ1) is 9.11. The van der Waals surface area contributed by atoms with Crippen LogP contribution in [0.15, 0.2) is 18.3 Å². The van der Waals surface area contributed by atoms with Gasteiger partial charge in [0, 0.05) is 18.3 Å². The van der Waals surface area contributed by atoms with Crippen molar-refractivity contribution in [2.75, 3.05) is 5.32 Å². The summed E-state index contributed by atoms with van der Waals surface area (Å²) in [5.41, 5.74) is -0.574. The molecule has 1 aromatic heterocycles. The first kappa shape index (κ1) is 12.4. The largest absolute Gasteiger partial charge is 0.508 e. The molecule has 1 heterocycles. The second-order valence-corrected chi connectivity index (χ2v) is 3.33. The zero-order chi connectivity index (χ0) is 13.8. The maximum Gasteiger partial charge on any atom is 0.216 e. The Kier molecular flexibility index (Phi) is 3.33. The lowest BCUT2D eigenvalue weighted by Crippen LogP contribution is -1.98. The number of halogens is 2. The molecular weight excluding hydrogens is 258 g/mol. The van der Waals surface area contributed by atoms with Crippen molar-refractivity contribution in [1.82, 2.24) is 20.6 Å². The summed E-state index contributed by atoms with van der Waals surface area (Å²) in [6.07, 6.45) is 1.03. The molecule has 9 heteroatoms. The predicted molar refractivity (Wildman–Crippen MR) is 59.4 cm³/mol. The van der Waals surface area contributed by atoms with Gasteiger partial charge in [-0.3, -0.25) is 0 Å². The highest BCUT2D eigenvalue weighted by atomic mass is 19.1. The molecule has 0 radical (unpaired) electrons. The number of nitrogens with one attached hydrogen (secondary N) is 2. The number of nitrogens with zero attached hydrogens (tertiary/aromatic N) is 4. The van der Waals surface area contributed by atoms with Gasteiger partial charge < -0.3 is 10.4 Å². The number of nitriles is 1. The van der Waals surface area contributed by atoms with Crippen molar-refractivity contribution in [2.24, 2.45) is 0 Å². The maximum atomic E-state index is 13.4. The fourth-order valence-electron chi connectivity index (χ4n) is 1.26. The Labute approximate surface area is 105 Å². The van der Waals surface area contributed by atoms with Gasteiger partial charge in [0.1, 0.15) is 23.1 Å². The highest BCUT2D eigenvalue weighted by Gasteiger charge is 2.11. The molecule has 0 fully saturated rings. The summed E-state index contributed by atoms with van der Waals surface area (Å²) < 4.78 is 26.8. The molecule has 19 heavy (non-hydrogen) atoms. The number of phenols is 1. The van der Waals surface area contributed by atoms with Crippen molar-refractivity contribution < 1.29 is 13.9 Å². The zero-order valence-corrected chi connectivity index (χ0v) is 9.22. The Balaban J connectivity index is 2.30. The Morgan fingerprint density at radius 3 is 2.63 bits per heavy atom. The van der Waals surface area contributed by atoms with E-state index in [1.165, 1.54) is 0 Å². The van der Waals surface area contributed by atoms with Gasteiger partial charge in [0.15, 0.2) is 11.6 Å². The fourth-order valence-corrected chi connectivity index (χ4v) is 1.26. The number of rotatable bonds is 3. The molecule has 0 saturated heterocycles. The first-order valence-electron chi connectivity index (χ1n) is 4.90. The van der Waals surface area contributed by atoms with Gasteiger partial charge in [-0.1, -0.05) is 0 Å². The topological polar surface area (TPSA) is 111 Å². The summed E-state index contributed by atoms with van der Waals surface area (Å²) >= 11 is 0. The monoisotopic (exact) mass is 264 g/mol. The summed E-state index contributed by atoms with van der Waals surface area (Å²) in [7, 11) is 0. The lowest BCUT2D eigenvalue weighted by molar-refractivity contribution is 0.461. The van der Waals surface area contributed by atoms with Gasteiger partial charge in [0.25, 0.3) is 0 Å². The third kappa shape index (κ3) is 2.63. The van der Waals surface area contributed by atoms with Crippen molar-refractivity contribution >= 4 is 11.3 Å². The Morgan fingerprint density at radius 1 is 1.42 bits per heavy atom. The quantitative estimate of drug-likeness (QED) is 0.566. The van der Waals surface area contributed by atoms with Gasteiger partial charge in [-0.2, -0.15) is 10.5 Å². The molecule has 0 aliphatic carbocycles. The molecule has 0 saturated carbocycles. The average Bonchev–Trinajstić information content (AvgIpc) is 2.86. The molecule has 3 N–H and O–H groups in total. The van der Waals surface area contributed by atoms with E-state index >= 15 is 0 Å². The molecule has 0 unspecified atom stereocenters. The van der Waals surface area contributed by atoms with Gasteiger partial charge >= 0.3 is 0 Å². The SMILES string of the molecule is N#CC(=CNc1c(F)cc(O)cc1F)c1nn[nH]n1. The zero-order valence-electron chi connectivity index (χ0n) is 9.22. The number of aromatic amines is 1. The van der Waals surface area contributed by atoms with Crippen molar-refractivity contribution in [2.45, 2.75) is 0 Å². The van der Waals surface area contributed by atoms with Crippen LogP contribution in [0.2, 0.25) is 0 Å². The molecule has 1 aromatic carbocycles. The minimum Gasteiger partial charge on any atom is -0.508 e. The third-order valence-corrected chi connectivity index (χ3v) is 2.09. The normalized spacial score (nSPS) is 11.1. The summed E-state index contributed by atoms with van der Waals surface area (Å²) in [6.45, 7) is 0. The second kappa shape index (κ2) is 5.09. The summed E-state index contributed by atoms with van der Waals surface area (Å²) in [5, 5.41) is 32.6. The predicted octanol–water partition coefficient (Wildman–Crippen LogP) is 1.16. The minimum absolute atomic E-state index is 0.0189. The van der Waals surface area contributed by atoms with E-state index in [-0.39, 0.29) is 11.4 Å². The maximum absolute atomic E-state index is 13.4. The minimum atomic E-state index is -1.00. The lowest BCUT2D eigenvalue weighted by Gasteiger charge is -2.05. The number of benzene rings is 1. The Hall–Kier alpha value is -3.02. The van der Waals surface area contributed by atoms with E-state index < -0.39 is 23.1 Å². The van der Waals surface area contributed by atoms with Crippen LogP contribution in [0, 0.1) is 23.0 Å². The summed E-state index contributed by atoms with van der Waals surface area (Å²) in [5.74, 6) is -2.56. The molecule has 96 valence electrons. The number of aromatic nitrogens is 4. The number of phenolic OH excluding ortho intramolecular Hbond substituents is 1. The van der Waals surface area contributed by atoms with Crippen LogP contribution in [0.3, 0.4) is 0 Å². The van der Waals surface area contributed by atoms with Crippen molar-refractivity contribution in [3.05, 3.63) is 35.8 Å². The number of hydrogen-bond acceptors (Lipinski definition) is 6. The van der Waals surface area contributed by atoms with E-state index in [9.17, 15) is 8.78 Å². The van der Waals surface area contributed by atoms with E-state index in [1.807, 2.05) is 0 Å². The lowest BCUT2D eigenvalue weighted by atomic mass is 10.2. The first-order valence-corrected chi connectivity index (χ1v) is 4.90. The molecular formula is C10H6F2N6O. The molecule has 0 aliphatic rings. The molecule has 2 aromatic rings. The van der Waals surface area contributed by atoms with Crippen LogP contribution in [0.5, 0.6) is 5.75 Å². The summed E-state index contributed by atoms with van der Waals surface area (Å²) in [4.78, 5) is 0. The van der Waals surface area contributed by atoms with Crippen LogP contribution >= 0.6 is 0 Å². The number of hydrogen-bond donors (Lipinski definition) is 3. The molecule has 2 rings (SSSR count). The van der Waals surface area contributed by atoms with E-state index in [0.29, 0.717) is 0 Å². The number of tetrazole rings is 1. The molecule has 0 atom stereocenters. The molecule has 0 spiro atoms. The Morgan fingerprint density at radius 2 is 2.11 bits per heavy atom. The van der Waals surface area contributed by atoms with Crippen molar-refractivity contribution in [3.63, 3.8) is 0 Å². The van der Waals surface area contributed by atoms with E-state index in [4.69, 9.17) is 10.4 Å². The fraction of sp³-hybridized carbons (Fsp3) is 0. The van der Waals surface area contributed by atoms with Crippen LogP contribution in [-0.2, 0) is 0 Å². The van der Waals surface area contributed by atoms with E-state index in [2.05, 4.69) is 25.9 Å². The standard InChI is InChI=1S/C10H6F2N6O/c11-7-1-6(19)2-8(12)9(7)14-4-5(3-13)10-15-17-18-16-10/h1-2,4,14,19H,(H,15,16,17,18).